The van der Waals surface area contributed by atoms with Gasteiger partial charge in [-0.3, -0.25) is 4.90 Å². The maximum Gasteiger partial charge on any atom is 0.416 e. The van der Waals surface area contributed by atoms with Crippen LogP contribution in [0.4, 0.5) is 13.2 Å². The maximum absolute atomic E-state index is 13.1. The van der Waals surface area contributed by atoms with Crippen LogP contribution < -0.4 is 0 Å². The number of benzene rings is 1. The Morgan fingerprint density at radius 2 is 1.65 bits per heavy atom. The Morgan fingerprint density at radius 1 is 0.962 bits per heavy atom. The highest BCUT2D eigenvalue weighted by atomic mass is 35.5. The van der Waals surface area contributed by atoms with Gasteiger partial charge in [0.05, 0.1) is 5.56 Å². The van der Waals surface area contributed by atoms with E-state index in [-0.39, 0.29) is 0 Å². The second kappa shape index (κ2) is 8.37. The molecule has 0 aliphatic carbocycles. The van der Waals surface area contributed by atoms with Crippen molar-refractivity contribution < 1.29 is 13.2 Å². The van der Waals surface area contributed by atoms with E-state index in [4.69, 9.17) is 11.6 Å². The predicted molar refractivity (Wildman–Crippen MR) is 96.1 cm³/mol. The van der Waals surface area contributed by atoms with Gasteiger partial charge < -0.3 is 4.90 Å². The van der Waals surface area contributed by atoms with Gasteiger partial charge in [0, 0.05) is 45.5 Å². The highest BCUT2D eigenvalue weighted by Gasteiger charge is 2.32. The minimum absolute atomic E-state index is 0.370. The number of piperazine rings is 1. The maximum atomic E-state index is 13.1. The van der Waals surface area contributed by atoms with Crippen molar-refractivity contribution in [3.8, 4) is 0 Å². The SMILES string of the molecule is FC(F)(F)c1ccccc1CCN1CCN(Cc2ccc(Cl)nc2)CC1. The number of hydrogen-bond donors (Lipinski definition) is 0. The first kappa shape index (κ1) is 19.1. The Kier molecular flexibility index (Phi) is 6.16. The third-order valence-corrected chi connectivity index (χ3v) is 4.90. The van der Waals surface area contributed by atoms with Crippen molar-refractivity contribution in [1.82, 2.24) is 14.8 Å². The summed E-state index contributed by atoms with van der Waals surface area (Å²) in [5.41, 5.74) is 0.963. The van der Waals surface area contributed by atoms with Crippen LogP contribution in [0.25, 0.3) is 0 Å². The summed E-state index contributed by atoms with van der Waals surface area (Å²) in [4.78, 5) is 8.64. The monoisotopic (exact) mass is 383 g/mol. The van der Waals surface area contributed by atoms with Crippen molar-refractivity contribution in [2.45, 2.75) is 19.1 Å². The molecular formula is C19H21ClF3N3. The molecular weight excluding hydrogens is 363 g/mol. The average Bonchev–Trinajstić information content (AvgIpc) is 2.62. The van der Waals surface area contributed by atoms with Gasteiger partial charge >= 0.3 is 6.18 Å². The molecule has 0 amide bonds. The number of hydrogen-bond acceptors (Lipinski definition) is 3. The first-order valence-corrected chi connectivity index (χ1v) is 9.00. The number of nitrogens with zero attached hydrogens (tertiary/aromatic N) is 3. The summed E-state index contributed by atoms with van der Waals surface area (Å²) < 4.78 is 39.2. The summed E-state index contributed by atoms with van der Waals surface area (Å²) in [6, 6.07) is 9.60. The number of halogens is 4. The van der Waals surface area contributed by atoms with Crippen LogP contribution in [-0.4, -0.2) is 47.5 Å². The molecule has 0 atom stereocenters. The number of alkyl halides is 3. The molecule has 1 aromatic heterocycles. The second-order valence-electron chi connectivity index (χ2n) is 6.51. The Labute approximate surface area is 156 Å². The van der Waals surface area contributed by atoms with Crippen LogP contribution in [0.1, 0.15) is 16.7 Å². The lowest BCUT2D eigenvalue weighted by atomic mass is 10.0. The smallest absolute Gasteiger partial charge is 0.300 e. The molecule has 0 unspecified atom stereocenters. The van der Waals surface area contributed by atoms with Gasteiger partial charge in [0.1, 0.15) is 5.15 Å². The summed E-state index contributed by atoms with van der Waals surface area (Å²) in [7, 11) is 0. The van der Waals surface area contributed by atoms with E-state index in [2.05, 4.69) is 14.8 Å². The average molecular weight is 384 g/mol. The van der Waals surface area contributed by atoms with Crippen molar-refractivity contribution in [2.24, 2.45) is 0 Å². The Morgan fingerprint density at radius 3 is 2.31 bits per heavy atom. The standard InChI is InChI=1S/C19H21ClF3N3/c20-18-6-5-15(13-24-18)14-26-11-9-25(10-12-26)8-7-16-3-1-2-4-17(16)19(21,22)23/h1-6,13H,7-12,14H2. The molecule has 3 rings (SSSR count). The summed E-state index contributed by atoms with van der Waals surface area (Å²) in [5, 5.41) is 0.484. The van der Waals surface area contributed by atoms with Crippen molar-refractivity contribution in [2.75, 3.05) is 32.7 Å². The lowest BCUT2D eigenvalue weighted by Gasteiger charge is -2.34. The Balaban J connectivity index is 1.48. The molecule has 1 aromatic carbocycles. The topological polar surface area (TPSA) is 19.4 Å². The molecule has 0 saturated carbocycles. The molecule has 1 saturated heterocycles. The molecule has 3 nitrogen and oxygen atoms in total. The fourth-order valence-corrected chi connectivity index (χ4v) is 3.33. The van der Waals surface area contributed by atoms with Crippen molar-refractivity contribution in [3.05, 3.63) is 64.4 Å². The summed E-state index contributed by atoms with van der Waals surface area (Å²) in [6.45, 7) is 4.95. The molecule has 2 heterocycles. The fraction of sp³-hybridized carbons (Fsp3) is 0.421. The van der Waals surface area contributed by atoms with Gasteiger partial charge in [0.25, 0.3) is 0 Å². The van der Waals surface area contributed by atoms with E-state index in [9.17, 15) is 13.2 Å². The first-order chi connectivity index (χ1) is 12.4. The minimum Gasteiger partial charge on any atom is -0.300 e. The van der Waals surface area contributed by atoms with Crippen molar-refractivity contribution in [1.29, 1.82) is 0 Å². The van der Waals surface area contributed by atoms with Crippen LogP contribution in [0.5, 0.6) is 0 Å². The van der Waals surface area contributed by atoms with E-state index < -0.39 is 11.7 Å². The Bertz CT molecular complexity index is 711. The Hall–Kier alpha value is -1.63. The number of aromatic nitrogens is 1. The third-order valence-electron chi connectivity index (χ3n) is 4.68. The molecule has 1 aliphatic rings. The predicted octanol–water partition coefficient (Wildman–Crippen LogP) is 4.11. The molecule has 0 N–H and O–H groups in total. The zero-order valence-electron chi connectivity index (χ0n) is 14.3. The molecule has 1 fully saturated rings. The van der Waals surface area contributed by atoms with E-state index in [1.54, 1.807) is 24.4 Å². The second-order valence-corrected chi connectivity index (χ2v) is 6.90. The first-order valence-electron chi connectivity index (χ1n) is 8.62. The van der Waals surface area contributed by atoms with Gasteiger partial charge in [0.15, 0.2) is 0 Å². The van der Waals surface area contributed by atoms with Crippen LogP contribution in [0, 0.1) is 0 Å². The van der Waals surface area contributed by atoms with Gasteiger partial charge in [0.2, 0.25) is 0 Å². The number of pyridine rings is 1. The van der Waals surface area contributed by atoms with Gasteiger partial charge in [-0.05, 0) is 29.7 Å². The molecule has 2 aromatic rings. The molecule has 1 aliphatic heterocycles. The van der Waals surface area contributed by atoms with E-state index in [1.807, 2.05) is 6.07 Å². The molecule has 0 bridgehead atoms. The van der Waals surface area contributed by atoms with Gasteiger partial charge in [-0.2, -0.15) is 13.2 Å². The van der Waals surface area contributed by atoms with E-state index in [0.29, 0.717) is 23.7 Å². The van der Waals surface area contributed by atoms with Gasteiger partial charge in [-0.25, -0.2) is 4.98 Å². The van der Waals surface area contributed by atoms with Crippen molar-refractivity contribution >= 4 is 11.6 Å². The highest BCUT2D eigenvalue weighted by Crippen LogP contribution is 2.32. The summed E-state index contributed by atoms with van der Waals surface area (Å²) >= 11 is 5.80. The van der Waals surface area contributed by atoms with E-state index in [1.165, 1.54) is 6.07 Å². The zero-order valence-corrected chi connectivity index (χ0v) is 15.1. The van der Waals surface area contributed by atoms with Crippen LogP contribution >= 0.6 is 11.6 Å². The van der Waals surface area contributed by atoms with Crippen LogP contribution in [0.3, 0.4) is 0 Å². The third kappa shape index (κ3) is 5.19. The molecule has 7 heteroatoms. The van der Waals surface area contributed by atoms with Crippen molar-refractivity contribution in [3.63, 3.8) is 0 Å². The van der Waals surface area contributed by atoms with Crippen LogP contribution in [-0.2, 0) is 19.1 Å². The van der Waals surface area contributed by atoms with Gasteiger partial charge in [-0.1, -0.05) is 35.9 Å². The van der Waals surface area contributed by atoms with E-state index in [0.717, 1.165) is 44.4 Å². The molecule has 0 radical (unpaired) electrons. The quantitative estimate of drug-likeness (QED) is 0.724. The zero-order chi connectivity index (χ0) is 18.6. The van der Waals surface area contributed by atoms with Crippen LogP contribution in [0.15, 0.2) is 42.6 Å². The summed E-state index contributed by atoms with van der Waals surface area (Å²) in [6.07, 6.45) is -2.10. The van der Waals surface area contributed by atoms with Gasteiger partial charge in [-0.15, -0.1) is 0 Å². The lowest BCUT2D eigenvalue weighted by molar-refractivity contribution is -0.138. The molecule has 26 heavy (non-hydrogen) atoms. The normalized spacial score (nSPS) is 16.8. The van der Waals surface area contributed by atoms with Crippen LogP contribution in [0.2, 0.25) is 5.15 Å². The lowest BCUT2D eigenvalue weighted by Crippen LogP contribution is -2.46. The highest BCUT2D eigenvalue weighted by molar-refractivity contribution is 6.29. The molecule has 0 spiro atoms. The largest absolute Gasteiger partial charge is 0.416 e. The summed E-state index contributed by atoms with van der Waals surface area (Å²) in [5.74, 6) is 0. The fourth-order valence-electron chi connectivity index (χ4n) is 3.22. The molecule has 140 valence electrons. The van der Waals surface area contributed by atoms with E-state index >= 15 is 0 Å². The minimum atomic E-state index is -4.29. The number of rotatable bonds is 5.